The minimum absolute atomic E-state index is 0.0648. The minimum Gasteiger partial charge on any atom is -0.324 e. The Bertz CT molecular complexity index is 1600. The molecule has 10 heteroatoms. The summed E-state index contributed by atoms with van der Waals surface area (Å²) in [6, 6.07) is 14.1. The molecule has 1 fully saturated rings. The number of carbonyl (C=O) groups is 1. The zero-order valence-electron chi connectivity index (χ0n) is 21.6. The number of aryl methyl sites for hydroxylation is 2. The number of carbonyl (C=O) groups excluding carboxylic acids is 1. The van der Waals surface area contributed by atoms with Gasteiger partial charge in [0.15, 0.2) is 5.65 Å². The van der Waals surface area contributed by atoms with Crippen LogP contribution in [-0.4, -0.2) is 58.3 Å². The predicted molar refractivity (Wildman–Crippen MR) is 146 cm³/mol. The summed E-state index contributed by atoms with van der Waals surface area (Å²) in [7, 11) is 1.32. The molecule has 2 aliphatic rings. The fraction of sp³-hybridized carbons (Fsp3) is 0.310. The van der Waals surface area contributed by atoms with Gasteiger partial charge in [-0.05, 0) is 66.6 Å². The zero-order valence-corrected chi connectivity index (χ0v) is 21.6. The zero-order chi connectivity index (χ0) is 26.9. The Balaban J connectivity index is 1.32. The van der Waals surface area contributed by atoms with Gasteiger partial charge in [0.2, 0.25) is 11.4 Å². The van der Waals surface area contributed by atoms with Crippen molar-refractivity contribution in [2.75, 3.05) is 32.1 Å². The van der Waals surface area contributed by atoms with E-state index in [4.69, 9.17) is 9.82 Å². The van der Waals surface area contributed by atoms with Crippen molar-refractivity contribution < 1.29 is 14.0 Å². The molecule has 1 amide bonds. The molecule has 1 aliphatic carbocycles. The number of nitrogens with zero attached hydrogens (tertiary/aromatic N) is 4. The lowest BCUT2D eigenvalue weighted by Gasteiger charge is -2.34. The fourth-order valence-corrected chi connectivity index (χ4v) is 5.25. The molecule has 4 aromatic rings. The molecule has 0 unspecified atom stereocenters. The van der Waals surface area contributed by atoms with Crippen LogP contribution < -0.4 is 16.2 Å². The molecule has 0 saturated carbocycles. The molecule has 0 spiro atoms. The van der Waals surface area contributed by atoms with Crippen LogP contribution >= 0.6 is 0 Å². The highest BCUT2D eigenvalue weighted by Gasteiger charge is 2.25. The lowest BCUT2D eigenvalue weighted by molar-refractivity contribution is 0.0536. The monoisotopic (exact) mass is 528 g/mol. The van der Waals surface area contributed by atoms with E-state index in [2.05, 4.69) is 32.8 Å². The summed E-state index contributed by atoms with van der Waals surface area (Å²) in [6.45, 7) is 1.88. The summed E-state index contributed by atoms with van der Waals surface area (Å²) in [5.74, 6) is -0.312. The van der Waals surface area contributed by atoms with E-state index in [1.54, 1.807) is 4.57 Å². The Morgan fingerprint density at radius 2 is 1.92 bits per heavy atom. The lowest BCUT2D eigenvalue weighted by Crippen LogP contribution is -2.48. The molecule has 9 nitrogen and oxygen atoms in total. The second-order valence-electron chi connectivity index (χ2n) is 10.0. The first-order chi connectivity index (χ1) is 19.0. The Kier molecular flexibility index (Phi) is 6.80. The molecule has 200 valence electrons. The first kappa shape index (κ1) is 25.1. The first-order valence-corrected chi connectivity index (χ1v) is 13.1. The smallest absolute Gasteiger partial charge is 0.280 e. The third-order valence-electron chi connectivity index (χ3n) is 7.38. The third-order valence-corrected chi connectivity index (χ3v) is 7.38. The van der Waals surface area contributed by atoms with E-state index in [9.17, 15) is 14.0 Å². The van der Waals surface area contributed by atoms with Crippen LogP contribution in [0.3, 0.4) is 0 Å². The molecule has 3 heterocycles. The highest BCUT2D eigenvalue weighted by atomic mass is 19.1. The molecule has 0 radical (unpaired) electrons. The number of nitrogens with one attached hydrogen (secondary N) is 2. The van der Waals surface area contributed by atoms with Gasteiger partial charge >= 0.3 is 0 Å². The van der Waals surface area contributed by atoms with Crippen molar-refractivity contribution in [3.8, 4) is 5.69 Å². The molecule has 0 atom stereocenters. The normalized spacial score (nSPS) is 15.2. The molecule has 2 aromatic heterocycles. The van der Waals surface area contributed by atoms with E-state index in [0.29, 0.717) is 24.7 Å². The Morgan fingerprint density at radius 1 is 1.13 bits per heavy atom. The van der Waals surface area contributed by atoms with Crippen molar-refractivity contribution in [1.29, 1.82) is 0 Å². The van der Waals surface area contributed by atoms with Crippen LogP contribution in [0.1, 0.15) is 33.5 Å². The molecular formula is C29H29FN6O3. The van der Waals surface area contributed by atoms with Gasteiger partial charge in [0.05, 0.1) is 12.5 Å². The van der Waals surface area contributed by atoms with Gasteiger partial charge in [-0.15, -0.1) is 0 Å². The number of hydrogen-bond acceptors (Lipinski definition) is 7. The van der Waals surface area contributed by atoms with Crippen molar-refractivity contribution in [2.45, 2.75) is 31.9 Å². The van der Waals surface area contributed by atoms with Crippen LogP contribution in [0.2, 0.25) is 0 Å². The summed E-state index contributed by atoms with van der Waals surface area (Å²) in [5.41, 5.74) is 7.43. The molecule has 1 aliphatic heterocycles. The maximum absolute atomic E-state index is 13.2. The SMILES string of the molecule is CONC(=O)c1cn(-c2ccc3c(c2)CCC3)c2nc(Nc3ccc(CCN4CC(F)C4)cc3)ncc2c1=O. The number of aromatic nitrogens is 3. The van der Waals surface area contributed by atoms with Crippen molar-refractivity contribution in [2.24, 2.45) is 0 Å². The van der Waals surface area contributed by atoms with E-state index in [-0.39, 0.29) is 10.9 Å². The largest absolute Gasteiger partial charge is 0.324 e. The summed E-state index contributed by atoms with van der Waals surface area (Å²) < 4.78 is 14.8. The number of halogens is 1. The van der Waals surface area contributed by atoms with Crippen LogP contribution in [0, 0.1) is 0 Å². The van der Waals surface area contributed by atoms with Gasteiger partial charge in [-0.25, -0.2) is 14.9 Å². The summed E-state index contributed by atoms with van der Waals surface area (Å²) >= 11 is 0. The number of hydrogen-bond donors (Lipinski definition) is 2. The number of hydroxylamine groups is 1. The van der Waals surface area contributed by atoms with Crippen molar-refractivity contribution in [3.63, 3.8) is 0 Å². The molecule has 2 N–H and O–H groups in total. The van der Waals surface area contributed by atoms with E-state index in [1.807, 2.05) is 30.3 Å². The van der Waals surface area contributed by atoms with Gasteiger partial charge in [-0.2, -0.15) is 4.98 Å². The van der Waals surface area contributed by atoms with Crippen LogP contribution in [-0.2, 0) is 24.1 Å². The van der Waals surface area contributed by atoms with Gasteiger partial charge in [0.25, 0.3) is 5.91 Å². The second kappa shape index (κ2) is 10.5. The van der Waals surface area contributed by atoms with Gasteiger partial charge in [-0.1, -0.05) is 18.2 Å². The number of fused-ring (bicyclic) bond motifs is 2. The van der Waals surface area contributed by atoms with Crippen molar-refractivity contribution >= 4 is 28.6 Å². The van der Waals surface area contributed by atoms with Gasteiger partial charge in [0, 0.05) is 43.4 Å². The molecule has 0 bridgehead atoms. The minimum atomic E-state index is -0.688. The maximum Gasteiger partial charge on any atom is 0.280 e. The molecule has 2 aromatic carbocycles. The number of pyridine rings is 1. The number of likely N-dealkylation sites (tertiary alicyclic amines) is 1. The predicted octanol–water partition coefficient (Wildman–Crippen LogP) is 3.50. The van der Waals surface area contributed by atoms with E-state index in [0.717, 1.165) is 49.2 Å². The van der Waals surface area contributed by atoms with Crippen LogP contribution in [0.5, 0.6) is 0 Å². The van der Waals surface area contributed by atoms with Crippen LogP contribution in [0.15, 0.2) is 59.7 Å². The van der Waals surface area contributed by atoms with E-state index in [1.165, 1.54) is 30.6 Å². The van der Waals surface area contributed by atoms with E-state index < -0.39 is 17.5 Å². The Morgan fingerprint density at radius 3 is 2.69 bits per heavy atom. The van der Waals surface area contributed by atoms with Gasteiger partial charge in [0.1, 0.15) is 11.7 Å². The summed E-state index contributed by atoms with van der Waals surface area (Å²) in [5, 5.41) is 3.44. The topological polar surface area (TPSA) is 101 Å². The van der Waals surface area contributed by atoms with E-state index >= 15 is 0 Å². The quantitative estimate of drug-likeness (QED) is 0.338. The van der Waals surface area contributed by atoms with Gasteiger partial charge in [-0.3, -0.25) is 19.3 Å². The maximum atomic E-state index is 13.2. The number of benzene rings is 2. The number of anilines is 2. The average Bonchev–Trinajstić information content (AvgIpc) is 3.40. The molecule has 6 rings (SSSR count). The molecule has 39 heavy (non-hydrogen) atoms. The van der Waals surface area contributed by atoms with Crippen LogP contribution in [0.25, 0.3) is 16.7 Å². The van der Waals surface area contributed by atoms with Gasteiger partial charge < -0.3 is 9.88 Å². The second-order valence-corrected chi connectivity index (χ2v) is 10.0. The number of rotatable bonds is 8. The molecular weight excluding hydrogens is 499 g/mol. The molecule has 1 saturated heterocycles. The fourth-order valence-electron chi connectivity index (χ4n) is 5.25. The average molecular weight is 529 g/mol. The highest BCUT2D eigenvalue weighted by Crippen LogP contribution is 2.26. The van der Waals surface area contributed by atoms with Crippen molar-refractivity contribution in [1.82, 2.24) is 24.9 Å². The summed E-state index contributed by atoms with van der Waals surface area (Å²) in [4.78, 5) is 41.8. The summed E-state index contributed by atoms with van der Waals surface area (Å²) in [6.07, 6.45) is 6.26. The Labute approximate surface area is 224 Å². The number of alkyl halides is 1. The van der Waals surface area contributed by atoms with Crippen molar-refractivity contribution in [3.05, 3.63) is 87.3 Å². The Hall–Kier alpha value is -4.15. The van der Waals surface area contributed by atoms with Crippen LogP contribution in [0.4, 0.5) is 16.0 Å². The third kappa shape index (κ3) is 5.13. The lowest BCUT2D eigenvalue weighted by atomic mass is 10.1. The highest BCUT2D eigenvalue weighted by molar-refractivity contribution is 5.96. The standard InChI is InChI=1S/C29H29FN6O3/c1-39-34-28(38)25-17-36(23-10-7-19-3-2-4-20(19)13-23)27-24(26(25)37)14-31-29(33-27)32-22-8-5-18(6-9-22)11-12-35-15-21(30)16-35/h5-10,13-14,17,21H,2-4,11-12,15-16H2,1H3,(H,34,38)(H,31,32,33). The first-order valence-electron chi connectivity index (χ1n) is 13.1. The number of amides is 1.